The number of imide groups is 1. The van der Waals surface area contributed by atoms with Crippen molar-refractivity contribution in [3.63, 3.8) is 0 Å². The molecule has 1 fully saturated rings. The normalized spacial score (nSPS) is 19.1. The molecule has 2 aliphatic rings. The molecule has 8 nitrogen and oxygen atoms in total. The van der Waals surface area contributed by atoms with E-state index in [0.29, 0.717) is 28.1 Å². The Morgan fingerprint density at radius 1 is 1.33 bits per heavy atom. The maximum atomic E-state index is 12.8. The Balaban J connectivity index is 1.58. The van der Waals surface area contributed by atoms with E-state index in [1.165, 1.54) is 22.4 Å². The van der Waals surface area contributed by atoms with Crippen LogP contribution in [0.2, 0.25) is 0 Å². The van der Waals surface area contributed by atoms with Gasteiger partial charge in [0.2, 0.25) is 11.8 Å². The molecule has 9 heteroatoms. The molecule has 0 bridgehead atoms. The fraction of sp³-hybridized carbons (Fsp3) is 0.278. The van der Waals surface area contributed by atoms with Gasteiger partial charge in [-0.3, -0.25) is 24.5 Å². The number of benzene rings is 1. The predicted octanol–water partition coefficient (Wildman–Crippen LogP) is 1.46. The van der Waals surface area contributed by atoms with Crippen LogP contribution in [-0.4, -0.2) is 39.6 Å². The topological polar surface area (TPSA) is 108 Å². The zero-order valence-corrected chi connectivity index (χ0v) is 15.3. The summed E-state index contributed by atoms with van der Waals surface area (Å²) in [6, 6.07) is 4.41. The van der Waals surface area contributed by atoms with Gasteiger partial charge < -0.3 is 10.2 Å². The number of nitrogens with one attached hydrogen (secondary N) is 2. The molecule has 1 unspecified atom stereocenters. The number of aromatic nitrogens is 1. The Kier molecular flexibility index (Phi) is 4.23. The van der Waals surface area contributed by atoms with Crippen molar-refractivity contribution in [2.75, 3.05) is 5.32 Å². The first-order chi connectivity index (χ1) is 12.9. The van der Waals surface area contributed by atoms with Crippen molar-refractivity contribution in [2.24, 2.45) is 0 Å². The van der Waals surface area contributed by atoms with Gasteiger partial charge in [-0.25, -0.2) is 4.98 Å². The van der Waals surface area contributed by atoms with Crippen LogP contribution in [0.5, 0.6) is 0 Å². The molecule has 1 atom stereocenters. The minimum atomic E-state index is -0.685. The maximum absolute atomic E-state index is 12.8. The van der Waals surface area contributed by atoms with Gasteiger partial charge in [0.15, 0.2) is 0 Å². The quantitative estimate of drug-likeness (QED) is 0.779. The third kappa shape index (κ3) is 3.10. The highest BCUT2D eigenvalue weighted by Gasteiger charge is 2.39. The summed E-state index contributed by atoms with van der Waals surface area (Å²) in [6.45, 7) is 2.02. The van der Waals surface area contributed by atoms with Crippen LogP contribution < -0.4 is 10.6 Å². The lowest BCUT2D eigenvalue weighted by atomic mass is 10.0. The molecule has 1 saturated heterocycles. The fourth-order valence-corrected chi connectivity index (χ4v) is 4.03. The van der Waals surface area contributed by atoms with Gasteiger partial charge in [0.05, 0.1) is 11.2 Å². The van der Waals surface area contributed by atoms with Gasteiger partial charge >= 0.3 is 0 Å². The molecule has 4 rings (SSSR count). The van der Waals surface area contributed by atoms with E-state index in [4.69, 9.17) is 0 Å². The van der Waals surface area contributed by atoms with Crippen LogP contribution in [0.1, 0.15) is 43.4 Å². The third-order valence-corrected chi connectivity index (χ3v) is 5.59. The van der Waals surface area contributed by atoms with Crippen molar-refractivity contribution in [2.45, 2.75) is 32.4 Å². The van der Waals surface area contributed by atoms with Gasteiger partial charge in [-0.2, -0.15) is 0 Å². The van der Waals surface area contributed by atoms with Gasteiger partial charge in [0.25, 0.3) is 11.8 Å². The van der Waals surface area contributed by atoms with E-state index in [0.717, 1.165) is 5.01 Å². The van der Waals surface area contributed by atoms with Crippen molar-refractivity contribution in [3.05, 3.63) is 45.4 Å². The summed E-state index contributed by atoms with van der Waals surface area (Å²) in [6.07, 6.45) is 2.01. The summed E-state index contributed by atoms with van der Waals surface area (Å²) in [5.74, 6) is -1.35. The van der Waals surface area contributed by atoms with Crippen LogP contribution in [0.3, 0.4) is 0 Å². The van der Waals surface area contributed by atoms with Crippen LogP contribution in [-0.2, 0) is 16.1 Å². The molecule has 2 aliphatic heterocycles. The predicted molar refractivity (Wildman–Crippen MR) is 97.3 cm³/mol. The van der Waals surface area contributed by atoms with E-state index in [1.807, 2.05) is 6.92 Å². The highest BCUT2D eigenvalue weighted by Crippen LogP contribution is 2.32. The zero-order valence-electron chi connectivity index (χ0n) is 14.4. The molecule has 1 aromatic carbocycles. The van der Waals surface area contributed by atoms with Crippen LogP contribution in [0.25, 0.3) is 0 Å². The third-order valence-electron chi connectivity index (χ3n) is 4.68. The molecule has 3 heterocycles. The lowest BCUT2D eigenvalue weighted by Crippen LogP contribution is -2.52. The van der Waals surface area contributed by atoms with Gasteiger partial charge in [0.1, 0.15) is 10.9 Å². The van der Waals surface area contributed by atoms with Crippen LogP contribution in [0.4, 0.5) is 5.69 Å². The van der Waals surface area contributed by atoms with E-state index in [2.05, 4.69) is 15.6 Å². The van der Waals surface area contributed by atoms with Crippen LogP contribution in [0.15, 0.2) is 24.4 Å². The summed E-state index contributed by atoms with van der Waals surface area (Å²) in [4.78, 5) is 54.7. The lowest BCUT2D eigenvalue weighted by Gasteiger charge is -2.29. The Morgan fingerprint density at radius 2 is 2.15 bits per heavy atom. The van der Waals surface area contributed by atoms with Crippen molar-refractivity contribution >= 4 is 40.7 Å². The largest absolute Gasteiger partial charge is 0.322 e. The molecule has 0 saturated carbocycles. The molecule has 2 aromatic rings. The molecule has 0 spiro atoms. The van der Waals surface area contributed by atoms with Crippen molar-refractivity contribution in [1.82, 2.24) is 15.2 Å². The average molecular weight is 384 g/mol. The van der Waals surface area contributed by atoms with Gasteiger partial charge in [0, 0.05) is 29.8 Å². The number of carbonyl (C=O) groups excluding carboxylic acids is 4. The molecular formula is C18H16N4O4S. The minimum Gasteiger partial charge on any atom is -0.322 e. The Bertz CT molecular complexity index is 983. The number of hydrogen-bond acceptors (Lipinski definition) is 6. The Hall–Kier alpha value is -3.07. The number of nitrogens with zero attached hydrogens (tertiary/aromatic N) is 2. The first-order valence-corrected chi connectivity index (χ1v) is 9.26. The minimum absolute atomic E-state index is 0.199. The average Bonchev–Trinajstić information content (AvgIpc) is 3.20. The second-order valence-electron chi connectivity index (χ2n) is 6.43. The summed E-state index contributed by atoms with van der Waals surface area (Å²) >= 11 is 1.29. The van der Waals surface area contributed by atoms with E-state index in [-0.39, 0.29) is 30.7 Å². The summed E-state index contributed by atoms with van der Waals surface area (Å²) in [5.41, 5.74) is 1.66. The highest BCUT2D eigenvalue weighted by molar-refractivity contribution is 7.13. The second kappa shape index (κ2) is 6.58. The van der Waals surface area contributed by atoms with Crippen molar-refractivity contribution in [3.8, 4) is 0 Å². The summed E-state index contributed by atoms with van der Waals surface area (Å²) < 4.78 is 0. The monoisotopic (exact) mass is 384 g/mol. The number of fused-ring (bicyclic) bond motifs is 1. The molecule has 27 heavy (non-hydrogen) atoms. The van der Waals surface area contributed by atoms with Crippen LogP contribution in [0, 0.1) is 6.92 Å². The second-order valence-corrected chi connectivity index (χ2v) is 7.66. The molecule has 0 radical (unpaired) electrons. The molecular weight excluding hydrogens is 368 g/mol. The number of amides is 4. The number of aryl methyl sites for hydroxylation is 1. The number of hydrogen-bond donors (Lipinski definition) is 2. The lowest BCUT2D eigenvalue weighted by molar-refractivity contribution is -0.136. The molecule has 2 N–H and O–H groups in total. The first-order valence-electron chi connectivity index (χ1n) is 8.44. The molecule has 0 aliphatic carbocycles. The Labute approximate surface area is 158 Å². The zero-order chi connectivity index (χ0) is 19.1. The van der Waals surface area contributed by atoms with Gasteiger partial charge in [-0.05, 0) is 25.5 Å². The SMILES string of the molecule is Cc1ncc(C(=O)Nc2cccc3c2CN(C2CCC(=O)NC2=O)C3=O)s1. The highest BCUT2D eigenvalue weighted by atomic mass is 32.1. The Morgan fingerprint density at radius 3 is 2.85 bits per heavy atom. The molecule has 138 valence electrons. The molecule has 4 amide bonds. The van der Waals surface area contributed by atoms with E-state index < -0.39 is 11.9 Å². The smallest absolute Gasteiger partial charge is 0.267 e. The standard InChI is InChI=1S/C18H16N4O4S/c1-9-19-7-14(27-9)17(25)20-12-4-2-3-10-11(12)8-22(18(10)26)13-5-6-15(23)21-16(13)24/h2-4,7,13H,5-6,8H2,1H3,(H,20,25)(H,21,23,24). The first kappa shape index (κ1) is 17.3. The number of anilines is 1. The van der Waals surface area contributed by atoms with Gasteiger partial charge in [-0.15, -0.1) is 11.3 Å². The number of thiazole rings is 1. The fourth-order valence-electron chi connectivity index (χ4n) is 3.35. The number of carbonyl (C=O) groups is 4. The van der Waals surface area contributed by atoms with E-state index in [9.17, 15) is 19.2 Å². The van der Waals surface area contributed by atoms with E-state index in [1.54, 1.807) is 18.2 Å². The van der Waals surface area contributed by atoms with Crippen LogP contribution >= 0.6 is 11.3 Å². The van der Waals surface area contributed by atoms with Gasteiger partial charge in [-0.1, -0.05) is 6.07 Å². The van der Waals surface area contributed by atoms with Crippen molar-refractivity contribution in [1.29, 1.82) is 0 Å². The number of piperidine rings is 1. The number of rotatable bonds is 3. The van der Waals surface area contributed by atoms with Crippen molar-refractivity contribution < 1.29 is 19.2 Å². The molecule has 1 aromatic heterocycles. The summed E-state index contributed by atoms with van der Waals surface area (Å²) in [7, 11) is 0. The summed E-state index contributed by atoms with van der Waals surface area (Å²) in [5, 5.41) is 5.90. The maximum Gasteiger partial charge on any atom is 0.267 e. The van der Waals surface area contributed by atoms with E-state index >= 15 is 0 Å².